The van der Waals surface area contributed by atoms with Crippen molar-refractivity contribution in [3.63, 3.8) is 0 Å². The molecule has 2 aromatic rings. The number of carbonyl (C=O) groups is 1. The summed E-state index contributed by atoms with van der Waals surface area (Å²) in [5.41, 5.74) is 0.631. The zero-order chi connectivity index (χ0) is 18.4. The lowest BCUT2D eigenvalue weighted by molar-refractivity contribution is 0.0951. The molecule has 0 saturated carbocycles. The first kappa shape index (κ1) is 18.9. The predicted molar refractivity (Wildman–Crippen MR) is 94.5 cm³/mol. The average molecular weight is 365 g/mol. The molecule has 2 aromatic carbocycles. The Morgan fingerprint density at radius 1 is 1.04 bits per heavy atom. The molecule has 0 fully saturated rings. The van der Waals surface area contributed by atoms with Crippen molar-refractivity contribution in [3.8, 4) is 0 Å². The Labute approximate surface area is 146 Å². The van der Waals surface area contributed by atoms with E-state index in [9.17, 15) is 17.6 Å². The zero-order valence-electron chi connectivity index (χ0n) is 14.0. The predicted octanol–water partition coefficient (Wildman–Crippen LogP) is 1.92. The van der Waals surface area contributed by atoms with Crippen LogP contribution in [0.15, 0.2) is 53.4 Å². The standard InChI is InChI=1S/C17H20FN3O3S/c1-21(2)12-11-19-17(22)13-3-9-16(10-4-13)25(23,24)20-15-7-5-14(18)6-8-15/h3-10,20H,11-12H2,1-2H3,(H,19,22). The highest BCUT2D eigenvalue weighted by atomic mass is 32.2. The van der Waals surface area contributed by atoms with Gasteiger partial charge >= 0.3 is 0 Å². The van der Waals surface area contributed by atoms with Gasteiger partial charge in [0.15, 0.2) is 0 Å². The van der Waals surface area contributed by atoms with Gasteiger partial charge in [0.2, 0.25) is 0 Å². The van der Waals surface area contributed by atoms with Crippen molar-refractivity contribution in [2.75, 3.05) is 31.9 Å². The SMILES string of the molecule is CN(C)CCNC(=O)c1ccc(S(=O)(=O)Nc2ccc(F)cc2)cc1. The maximum atomic E-state index is 12.9. The van der Waals surface area contributed by atoms with Crippen LogP contribution in [-0.4, -0.2) is 46.4 Å². The molecule has 0 aromatic heterocycles. The summed E-state index contributed by atoms with van der Waals surface area (Å²) in [6, 6.07) is 10.6. The fraction of sp³-hybridized carbons (Fsp3) is 0.235. The maximum Gasteiger partial charge on any atom is 0.261 e. The van der Waals surface area contributed by atoms with Crippen LogP contribution in [0.25, 0.3) is 0 Å². The molecule has 0 aliphatic carbocycles. The summed E-state index contributed by atoms with van der Waals surface area (Å²) in [5, 5.41) is 2.75. The number of carbonyl (C=O) groups excluding carboxylic acids is 1. The van der Waals surface area contributed by atoms with Crippen LogP contribution in [0.2, 0.25) is 0 Å². The molecule has 0 atom stereocenters. The smallest absolute Gasteiger partial charge is 0.261 e. The van der Waals surface area contributed by atoms with E-state index in [1.807, 2.05) is 19.0 Å². The molecule has 2 rings (SSSR count). The highest BCUT2D eigenvalue weighted by molar-refractivity contribution is 7.92. The second-order valence-electron chi connectivity index (χ2n) is 5.70. The number of hydrogen-bond donors (Lipinski definition) is 2. The minimum Gasteiger partial charge on any atom is -0.351 e. The fourth-order valence-corrected chi connectivity index (χ4v) is 3.07. The normalized spacial score (nSPS) is 11.4. The first-order valence-electron chi connectivity index (χ1n) is 7.59. The third-order valence-corrected chi connectivity index (χ3v) is 4.77. The number of anilines is 1. The van der Waals surface area contributed by atoms with Gasteiger partial charge in [0, 0.05) is 24.3 Å². The van der Waals surface area contributed by atoms with Gasteiger partial charge in [0.05, 0.1) is 4.90 Å². The van der Waals surface area contributed by atoms with E-state index in [0.717, 1.165) is 0 Å². The molecular formula is C17H20FN3O3S. The Bertz CT molecular complexity index is 819. The van der Waals surface area contributed by atoms with Gasteiger partial charge < -0.3 is 10.2 Å². The molecule has 1 amide bonds. The Morgan fingerprint density at radius 2 is 1.64 bits per heavy atom. The van der Waals surface area contributed by atoms with Gasteiger partial charge in [-0.05, 0) is 62.6 Å². The van der Waals surface area contributed by atoms with Crippen molar-refractivity contribution >= 4 is 21.6 Å². The number of hydrogen-bond acceptors (Lipinski definition) is 4. The highest BCUT2D eigenvalue weighted by Crippen LogP contribution is 2.17. The summed E-state index contributed by atoms with van der Waals surface area (Å²) in [7, 11) is -0.00223. The monoisotopic (exact) mass is 365 g/mol. The number of nitrogens with zero attached hydrogens (tertiary/aromatic N) is 1. The van der Waals surface area contributed by atoms with Crippen molar-refractivity contribution in [2.45, 2.75) is 4.90 Å². The second kappa shape index (κ2) is 8.09. The van der Waals surface area contributed by atoms with Gasteiger partial charge in [-0.2, -0.15) is 0 Å². The van der Waals surface area contributed by atoms with Gasteiger partial charge in [0.1, 0.15) is 5.82 Å². The first-order valence-corrected chi connectivity index (χ1v) is 9.07. The number of amides is 1. The molecule has 134 valence electrons. The zero-order valence-corrected chi connectivity index (χ0v) is 14.8. The lowest BCUT2D eigenvalue weighted by atomic mass is 10.2. The molecule has 0 spiro atoms. The lowest BCUT2D eigenvalue weighted by Crippen LogP contribution is -2.31. The largest absolute Gasteiger partial charge is 0.351 e. The molecule has 0 bridgehead atoms. The summed E-state index contributed by atoms with van der Waals surface area (Å²) in [6.45, 7) is 1.21. The molecule has 0 aliphatic heterocycles. The summed E-state index contributed by atoms with van der Waals surface area (Å²) < 4.78 is 39.8. The van der Waals surface area contributed by atoms with Gasteiger partial charge in [-0.1, -0.05) is 0 Å². The van der Waals surface area contributed by atoms with E-state index in [2.05, 4.69) is 10.0 Å². The van der Waals surface area contributed by atoms with Crippen LogP contribution in [-0.2, 0) is 10.0 Å². The number of rotatable bonds is 7. The van der Waals surface area contributed by atoms with E-state index < -0.39 is 15.8 Å². The molecule has 25 heavy (non-hydrogen) atoms. The molecule has 0 aliphatic rings. The van der Waals surface area contributed by atoms with Crippen molar-refractivity contribution in [1.29, 1.82) is 0 Å². The number of halogens is 1. The quantitative estimate of drug-likeness (QED) is 0.786. The number of sulfonamides is 1. The highest BCUT2D eigenvalue weighted by Gasteiger charge is 2.15. The average Bonchev–Trinajstić information content (AvgIpc) is 2.56. The fourth-order valence-electron chi connectivity index (χ4n) is 2.01. The topological polar surface area (TPSA) is 78.5 Å². The maximum absolute atomic E-state index is 12.9. The van der Waals surface area contributed by atoms with Crippen LogP contribution in [0, 0.1) is 5.82 Å². The number of likely N-dealkylation sites (N-methyl/N-ethyl adjacent to an activating group) is 1. The van der Waals surface area contributed by atoms with E-state index in [1.54, 1.807) is 0 Å². The van der Waals surface area contributed by atoms with Crippen molar-refractivity contribution < 1.29 is 17.6 Å². The van der Waals surface area contributed by atoms with E-state index in [0.29, 0.717) is 18.7 Å². The summed E-state index contributed by atoms with van der Waals surface area (Å²) >= 11 is 0. The van der Waals surface area contributed by atoms with Crippen molar-refractivity contribution in [1.82, 2.24) is 10.2 Å². The molecular weight excluding hydrogens is 345 g/mol. The minimum absolute atomic E-state index is 0.0154. The Balaban J connectivity index is 2.05. The second-order valence-corrected chi connectivity index (χ2v) is 7.38. The molecule has 0 saturated heterocycles. The Kier molecular flexibility index (Phi) is 6.11. The molecule has 6 nitrogen and oxygen atoms in total. The Hall–Kier alpha value is -2.45. The van der Waals surface area contributed by atoms with E-state index in [1.165, 1.54) is 48.5 Å². The summed E-state index contributed by atoms with van der Waals surface area (Å²) in [5.74, 6) is -0.718. The van der Waals surface area contributed by atoms with E-state index in [4.69, 9.17) is 0 Å². The van der Waals surface area contributed by atoms with Gasteiger partial charge in [0.25, 0.3) is 15.9 Å². The van der Waals surface area contributed by atoms with Crippen molar-refractivity contribution in [3.05, 3.63) is 59.9 Å². The number of benzene rings is 2. The molecule has 0 heterocycles. The molecule has 8 heteroatoms. The van der Waals surface area contributed by atoms with Gasteiger partial charge in [-0.15, -0.1) is 0 Å². The first-order chi connectivity index (χ1) is 11.8. The third kappa shape index (κ3) is 5.54. The summed E-state index contributed by atoms with van der Waals surface area (Å²) in [6.07, 6.45) is 0. The molecule has 0 radical (unpaired) electrons. The van der Waals surface area contributed by atoms with Crippen LogP contribution in [0.5, 0.6) is 0 Å². The van der Waals surface area contributed by atoms with Crippen LogP contribution < -0.4 is 10.0 Å². The third-order valence-electron chi connectivity index (χ3n) is 3.37. The van der Waals surface area contributed by atoms with Crippen LogP contribution >= 0.6 is 0 Å². The van der Waals surface area contributed by atoms with Gasteiger partial charge in [-0.3, -0.25) is 9.52 Å². The van der Waals surface area contributed by atoms with Crippen LogP contribution in [0.4, 0.5) is 10.1 Å². The summed E-state index contributed by atoms with van der Waals surface area (Å²) in [4.78, 5) is 13.9. The molecule has 2 N–H and O–H groups in total. The lowest BCUT2D eigenvalue weighted by Gasteiger charge is -2.11. The van der Waals surface area contributed by atoms with Crippen molar-refractivity contribution in [2.24, 2.45) is 0 Å². The van der Waals surface area contributed by atoms with E-state index >= 15 is 0 Å². The van der Waals surface area contributed by atoms with Crippen LogP contribution in [0.1, 0.15) is 10.4 Å². The number of nitrogens with one attached hydrogen (secondary N) is 2. The minimum atomic E-state index is -3.81. The van der Waals surface area contributed by atoms with Crippen LogP contribution in [0.3, 0.4) is 0 Å². The van der Waals surface area contributed by atoms with Gasteiger partial charge in [-0.25, -0.2) is 12.8 Å². The Morgan fingerprint density at radius 3 is 2.20 bits per heavy atom. The van der Waals surface area contributed by atoms with E-state index in [-0.39, 0.29) is 16.5 Å². The molecule has 0 unspecified atom stereocenters.